The van der Waals surface area contributed by atoms with Crippen molar-refractivity contribution in [1.29, 1.82) is 0 Å². The van der Waals surface area contributed by atoms with E-state index in [4.69, 9.17) is 0 Å². The van der Waals surface area contributed by atoms with Crippen molar-refractivity contribution in [2.75, 3.05) is 0 Å². The molecular formula is C61H50BF24P2RhSi+. The summed E-state index contributed by atoms with van der Waals surface area (Å²) in [4.78, 5) is 1.71. The molecule has 0 nitrogen and oxygen atoms in total. The van der Waals surface area contributed by atoms with Crippen LogP contribution in [-0.2, 0) is 68.9 Å². The standard InChI is InChI=1S/C32H12BF24.C21H24P2Si.C8H12.Rh/c34-25(35,36)13-1-14(26(37,38)39)6-21(5-13)33(22-7-15(27(40,41)42)2-16(8-22)28(43,44)45,23-9-17(29(46,47)48)3-18(10-23)30(49,50)51)24-11-19(31(52,53)54)4-20(12-24)32(55,56)57;1-17-15-16-20(24(2,3)4)22-21(17)23(18-11-7-5-8-12-18)19-13-9-6-10-14-19;1-2-4-6-8-7-5-3-1;/h1-12H;5-16H,1-4H3;1-2,7-8H,3-6H2;/q-1;;;/p+2/b;;2-1-,8-7-;. The van der Waals surface area contributed by atoms with Gasteiger partial charge in [-0.25, -0.2) is 0 Å². The number of halogens is 24. The first kappa shape index (κ1) is 74.8. The Hall–Kier alpha value is -5.89. The molecule has 1 heterocycles. The minimum atomic E-state index is -6.13. The Morgan fingerprint density at radius 3 is 0.756 bits per heavy atom. The minimum absolute atomic E-state index is 0. The van der Waals surface area contributed by atoms with Crippen LogP contribution in [0.3, 0.4) is 0 Å². The van der Waals surface area contributed by atoms with E-state index in [-0.39, 0.29) is 19.5 Å². The van der Waals surface area contributed by atoms with Gasteiger partial charge in [-0.3, -0.25) is 0 Å². The van der Waals surface area contributed by atoms with Gasteiger partial charge in [-0.1, -0.05) is 129 Å². The molecule has 1 radical (unpaired) electrons. The van der Waals surface area contributed by atoms with Crippen LogP contribution in [0.1, 0.15) is 75.8 Å². The van der Waals surface area contributed by atoms with Gasteiger partial charge < -0.3 is 0 Å². The van der Waals surface area contributed by atoms with Gasteiger partial charge in [-0.15, -0.1) is 0 Å². The molecule has 0 fully saturated rings. The predicted molar refractivity (Wildman–Crippen MR) is 305 cm³/mol. The Balaban J connectivity index is 0.000000362. The molecule has 0 spiro atoms. The third kappa shape index (κ3) is 18.9. The summed E-state index contributed by atoms with van der Waals surface area (Å²) in [6.45, 7) is 9.70. The first-order valence-corrected chi connectivity index (χ1v) is 32.4. The molecule has 7 aromatic rings. The van der Waals surface area contributed by atoms with Crippen molar-refractivity contribution in [3.05, 3.63) is 220 Å². The molecule has 1 unspecified atom stereocenters. The van der Waals surface area contributed by atoms with E-state index in [1.165, 1.54) is 41.9 Å². The summed E-state index contributed by atoms with van der Waals surface area (Å²) in [5.74, 6) is 0. The summed E-state index contributed by atoms with van der Waals surface area (Å²) < 4.78 is 341. The van der Waals surface area contributed by atoms with Crippen LogP contribution in [0.2, 0.25) is 19.6 Å². The van der Waals surface area contributed by atoms with Crippen molar-refractivity contribution >= 4 is 72.7 Å². The van der Waals surface area contributed by atoms with Crippen LogP contribution in [-0.4, -0.2) is 14.2 Å². The molecule has 0 saturated heterocycles. The Labute approximate surface area is 517 Å². The molecule has 1 aliphatic carbocycles. The molecule has 0 saturated carbocycles. The van der Waals surface area contributed by atoms with Crippen LogP contribution in [0.5, 0.6) is 0 Å². The minimum Gasteiger partial charge on any atom is -0.194 e. The van der Waals surface area contributed by atoms with Crippen LogP contribution < -0.4 is 42.4 Å². The Kier molecular flexibility index (Phi) is 23.4. The smallest absolute Gasteiger partial charge is 0.194 e. The van der Waals surface area contributed by atoms with E-state index in [2.05, 4.69) is 124 Å². The van der Waals surface area contributed by atoms with Crippen molar-refractivity contribution in [3.63, 3.8) is 0 Å². The van der Waals surface area contributed by atoms with Crippen LogP contribution in [0.15, 0.2) is 170 Å². The second-order valence-corrected chi connectivity index (χ2v) is 31.3. The zero-order chi connectivity index (χ0) is 66.7. The fourth-order valence-electron chi connectivity index (χ4n) is 9.86. The van der Waals surface area contributed by atoms with Gasteiger partial charge in [0.2, 0.25) is 0 Å². The second kappa shape index (κ2) is 28.1. The maximum absolute atomic E-state index is 14.2. The van der Waals surface area contributed by atoms with Gasteiger partial charge in [0.15, 0.2) is 8.19 Å². The van der Waals surface area contributed by atoms with E-state index in [1.807, 2.05) is 0 Å². The van der Waals surface area contributed by atoms with E-state index in [0.717, 1.165) is 8.19 Å². The first-order valence-electron chi connectivity index (χ1n) is 26.4. The summed E-state index contributed by atoms with van der Waals surface area (Å²) >= 11 is 0. The van der Waals surface area contributed by atoms with Crippen LogP contribution in [0.25, 0.3) is 0 Å². The van der Waals surface area contributed by atoms with Gasteiger partial charge in [0, 0.05) is 25.0 Å². The Morgan fingerprint density at radius 2 is 0.556 bits per heavy atom. The molecule has 29 heteroatoms. The molecule has 90 heavy (non-hydrogen) atoms. The average molecular weight is 1440 g/mol. The SMILES string of the molecule is C1=C\CC/C=C\CC/1.Cc1ccc([Si](C)(C)C)[pH+]c1[PH+](c1ccccc1)c1ccccc1.FC(F)(F)c1cc([B-](c2cc(C(F)(F)F)cc(C(F)(F)F)c2)(c2cc(C(F)(F)F)cc(C(F)(F)F)c2)c2cc(C(F)(F)F)cc(C(F)(F)F)c2)cc(C(F)(F)F)c1.[Rh]. The number of hydrogen-bond acceptors (Lipinski definition) is 0. The Bertz CT molecular complexity index is 3130. The second-order valence-electron chi connectivity index (χ2n) is 21.6. The third-order valence-electron chi connectivity index (χ3n) is 14.1. The maximum Gasteiger partial charge on any atom is 0.416 e. The molecule has 0 N–H and O–H groups in total. The molecule has 0 aliphatic heterocycles. The predicted octanol–water partition coefficient (Wildman–Crippen LogP) is 18.2. The molecule has 1 atom stereocenters. The summed E-state index contributed by atoms with van der Waals surface area (Å²) in [6.07, 6.45) is -40.8. The van der Waals surface area contributed by atoms with Crippen molar-refractivity contribution in [1.82, 2.24) is 0 Å². The largest absolute Gasteiger partial charge is 0.416 e. The number of rotatable bonds is 8. The molecule has 1 aliphatic rings. The van der Waals surface area contributed by atoms with Crippen LogP contribution in [0, 0.1) is 6.92 Å². The van der Waals surface area contributed by atoms with Crippen molar-refractivity contribution < 1.29 is 125 Å². The zero-order valence-corrected chi connectivity index (χ0v) is 51.6. The van der Waals surface area contributed by atoms with Gasteiger partial charge in [-0.05, 0) is 93.3 Å². The van der Waals surface area contributed by atoms with E-state index in [0.29, 0.717) is 0 Å². The number of aryl methyl sites for hydroxylation is 1. The molecule has 8 rings (SSSR count). The maximum atomic E-state index is 14.2. The number of alkyl halides is 24. The average Bonchev–Trinajstić information content (AvgIpc) is 0.710. The van der Waals surface area contributed by atoms with E-state index >= 15 is 0 Å². The summed E-state index contributed by atoms with van der Waals surface area (Å²) in [6, 6.07) is 18.2. The number of allylic oxidation sites excluding steroid dienone is 4. The quantitative estimate of drug-likeness (QED) is 0.0616. The van der Waals surface area contributed by atoms with Gasteiger partial charge in [0.25, 0.3) is 5.04 Å². The molecule has 1 aromatic heterocycles. The fraction of sp³-hybridized carbons (Fsp3) is 0.262. The van der Waals surface area contributed by atoms with E-state index < -0.39 is 211 Å². The van der Waals surface area contributed by atoms with E-state index in [9.17, 15) is 105 Å². The number of benzene rings is 6. The molecule has 0 bridgehead atoms. The third-order valence-corrected chi connectivity index (χ3v) is 23.4. The van der Waals surface area contributed by atoms with Crippen LogP contribution in [0.4, 0.5) is 105 Å². The molecule has 6 aromatic carbocycles. The van der Waals surface area contributed by atoms with Crippen molar-refractivity contribution in [2.24, 2.45) is 0 Å². The van der Waals surface area contributed by atoms with Gasteiger partial charge in [0.1, 0.15) is 37.7 Å². The van der Waals surface area contributed by atoms with Gasteiger partial charge in [-0.2, -0.15) is 127 Å². The van der Waals surface area contributed by atoms with Gasteiger partial charge >= 0.3 is 49.4 Å². The fourth-order valence-corrected chi connectivity index (χ4v) is 17.6. The first-order chi connectivity index (χ1) is 40.7. The van der Waals surface area contributed by atoms with E-state index in [1.54, 1.807) is 9.95 Å². The zero-order valence-electron chi connectivity index (χ0n) is 47.0. The molecule has 0 amide bonds. The Morgan fingerprint density at radius 1 is 0.333 bits per heavy atom. The topological polar surface area (TPSA) is 0 Å². The van der Waals surface area contributed by atoms with Gasteiger partial charge in [0.05, 0.1) is 44.5 Å². The van der Waals surface area contributed by atoms with Crippen molar-refractivity contribution in [2.45, 2.75) is 102 Å². The summed E-state index contributed by atoms with van der Waals surface area (Å²) in [5.41, 5.74) is -28.7. The summed E-state index contributed by atoms with van der Waals surface area (Å²) in [7, 11) is -1.29. The van der Waals surface area contributed by atoms with Crippen LogP contribution >= 0.6 is 16.1 Å². The molecular weight excluding hydrogens is 1390 g/mol. The summed E-state index contributed by atoms with van der Waals surface area (Å²) in [5, 5.41) is 4.69. The van der Waals surface area contributed by atoms with Crippen molar-refractivity contribution in [3.8, 4) is 0 Å². The monoisotopic (exact) mass is 1440 g/mol. The normalized spacial score (nSPS) is 14.8. The molecule has 487 valence electrons. The number of hydrogen-bond donors (Lipinski definition) is 0.